The van der Waals surface area contributed by atoms with Crippen LogP contribution in [0.15, 0.2) is 6.20 Å². The number of ether oxygens (including phenoxy) is 2. The van der Waals surface area contributed by atoms with Gasteiger partial charge >= 0.3 is 0 Å². The van der Waals surface area contributed by atoms with E-state index < -0.39 is 0 Å². The third-order valence-electron chi connectivity index (χ3n) is 3.71. The molecular weight excluding hydrogens is 254 g/mol. The number of methoxy groups -OCH3 is 1. The van der Waals surface area contributed by atoms with Crippen molar-refractivity contribution < 1.29 is 9.47 Å². The Kier molecular flexibility index (Phi) is 6.50. The van der Waals surface area contributed by atoms with E-state index in [1.807, 2.05) is 6.20 Å². The van der Waals surface area contributed by atoms with E-state index in [1.54, 1.807) is 7.11 Å². The Balaban J connectivity index is 1.78. The van der Waals surface area contributed by atoms with Crippen molar-refractivity contribution in [1.29, 1.82) is 0 Å². The lowest BCUT2D eigenvalue weighted by molar-refractivity contribution is -0.0435. The summed E-state index contributed by atoms with van der Waals surface area (Å²) in [6.45, 7) is 6.69. The van der Waals surface area contributed by atoms with Gasteiger partial charge < -0.3 is 14.5 Å². The molecule has 1 aromatic heterocycles. The topological polar surface area (TPSA) is 50.4 Å². The molecule has 0 bridgehead atoms. The quantitative estimate of drug-likeness (QED) is 0.792. The Morgan fingerprint density at radius 1 is 1.55 bits per heavy atom. The second kappa shape index (κ2) is 8.39. The lowest BCUT2D eigenvalue weighted by atomic mass is 10.2. The SMILES string of the molecule is CCCCc1ncc(CN2CCO[C@H](CCOC)C2)[nH]1. The van der Waals surface area contributed by atoms with Crippen LogP contribution in [-0.4, -0.2) is 54.4 Å². The third kappa shape index (κ3) is 4.89. The molecule has 1 atom stereocenters. The average molecular weight is 281 g/mol. The predicted octanol–water partition coefficient (Wildman–Crippen LogP) is 1.99. The van der Waals surface area contributed by atoms with Crippen LogP contribution in [-0.2, 0) is 22.4 Å². The number of unbranched alkanes of at least 4 members (excludes halogenated alkanes) is 1. The van der Waals surface area contributed by atoms with Crippen molar-refractivity contribution in [2.24, 2.45) is 0 Å². The molecule has 5 nitrogen and oxygen atoms in total. The normalized spacial score (nSPS) is 20.4. The molecule has 2 rings (SSSR count). The predicted molar refractivity (Wildman–Crippen MR) is 78.7 cm³/mol. The maximum Gasteiger partial charge on any atom is 0.106 e. The largest absolute Gasteiger partial charge is 0.385 e. The third-order valence-corrected chi connectivity index (χ3v) is 3.71. The fraction of sp³-hybridized carbons (Fsp3) is 0.800. The number of aromatic nitrogens is 2. The van der Waals surface area contributed by atoms with Crippen LogP contribution < -0.4 is 0 Å². The molecule has 1 aliphatic heterocycles. The number of aryl methyl sites for hydroxylation is 1. The number of imidazole rings is 1. The van der Waals surface area contributed by atoms with E-state index in [0.717, 1.165) is 51.5 Å². The molecule has 5 heteroatoms. The Labute approximate surface area is 121 Å². The fourth-order valence-electron chi connectivity index (χ4n) is 2.55. The van der Waals surface area contributed by atoms with E-state index in [1.165, 1.54) is 18.5 Å². The molecule has 0 aliphatic carbocycles. The Bertz CT molecular complexity index is 381. The van der Waals surface area contributed by atoms with Crippen molar-refractivity contribution in [2.75, 3.05) is 33.4 Å². The van der Waals surface area contributed by atoms with Gasteiger partial charge in [0.05, 0.1) is 12.7 Å². The minimum Gasteiger partial charge on any atom is -0.385 e. The molecule has 1 aliphatic rings. The molecule has 0 radical (unpaired) electrons. The van der Waals surface area contributed by atoms with Crippen molar-refractivity contribution in [2.45, 2.75) is 45.3 Å². The number of nitrogens with zero attached hydrogens (tertiary/aromatic N) is 2. The van der Waals surface area contributed by atoms with Crippen LogP contribution in [0.2, 0.25) is 0 Å². The van der Waals surface area contributed by atoms with Crippen LogP contribution in [0.25, 0.3) is 0 Å². The highest BCUT2D eigenvalue weighted by molar-refractivity contribution is 5.01. The molecule has 2 heterocycles. The Hall–Kier alpha value is -0.910. The maximum atomic E-state index is 5.76. The minimum atomic E-state index is 0.297. The van der Waals surface area contributed by atoms with Gasteiger partial charge in [-0.15, -0.1) is 0 Å². The number of aromatic amines is 1. The second-order valence-corrected chi connectivity index (χ2v) is 5.47. The van der Waals surface area contributed by atoms with Gasteiger partial charge in [0.2, 0.25) is 0 Å². The first-order valence-electron chi connectivity index (χ1n) is 7.67. The Morgan fingerprint density at radius 3 is 3.25 bits per heavy atom. The van der Waals surface area contributed by atoms with Gasteiger partial charge in [-0.3, -0.25) is 4.90 Å². The lowest BCUT2D eigenvalue weighted by Crippen LogP contribution is -2.42. The highest BCUT2D eigenvalue weighted by atomic mass is 16.5. The molecule has 114 valence electrons. The average Bonchev–Trinajstić information content (AvgIpc) is 2.91. The number of nitrogens with one attached hydrogen (secondary N) is 1. The zero-order chi connectivity index (χ0) is 14.2. The smallest absolute Gasteiger partial charge is 0.106 e. The Morgan fingerprint density at radius 2 is 2.45 bits per heavy atom. The molecule has 0 amide bonds. The number of morpholine rings is 1. The van der Waals surface area contributed by atoms with Crippen LogP contribution in [0.4, 0.5) is 0 Å². The van der Waals surface area contributed by atoms with E-state index in [9.17, 15) is 0 Å². The van der Waals surface area contributed by atoms with Crippen LogP contribution in [0.1, 0.15) is 37.7 Å². The maximum absolute atomic E-state index is 5.76. The summed E-state index contributed by atoms with van der Waals surface area (Å²) in [5.74, 6) is 1.12. The summed E-state index contributed by atoms with van der Waals surface area (Å²) in [6.07, 6.45) is 6.70. The molecule has 0 spiro atoms. The van der Waals surface area contributed by atoms with Gasteiger partial charge in [-0.1, -0.05) is 13.3 Å². The molecule has 0 saturated carbocycles. The standard InChI is InChI=1S/C15H27N3O2/c1-3-4-5-15-16-10-13(17-15)11-18-7-9-20-14(12-18)6-8-19-2/h10,14H,3-9,11-12H2,1-2H3,(H,16,17)/t14-/m1/s1. The zero-order valence-corrected chi connectivity index (χ0v) is 12.7. The summed E-state index contributed by atoms with van der Waals surface area (Å²) in [6, 6.07) is 0. The first-order valence-corrected chi connectivity index (χ1v) is 7.67. The number of rotatable bonds is 8. The van der Waals surface area contributed by atoms with E-state index in [0.29, 0.717) is 6.10 Å². The molecule has 1 saturated heterocycles. The van der Waals surface area contributed by atoms with Crippen molar-refractivity contribution in [3.63, 3.8) is 0 Å². The molecule has 1 aromatic rings. The summed E-state index contributed by atoms with van der Waals surface area (Å²) >= 11 is 0. The monoisotopic (exact) mass is 281 g/mol. The van der Waals surface area contributed by atoms with Crippen molar-refractivity contribution in [1.82, 2.24) is 14.9 Å². The van der Waals surface area contributed by atoms with Gasteiger partial charge in [-0.05, 0) is 12.8 Å². The van der Waals surface area contributed by atoms with Gasteiger partial charge in [0.15, 0.2) is 0 Å². The molecule has 20 heavy (non-hydrogen) atoms. The lowest BCUT2D eigenvalue weighted by Gasteiger charge is -2.32. The van der Waals surface area contributed by atoms with Crippen LogP contribution in [0.3, 0.4) is 0 Å². The summed E-state index contributed by atoms with van der Waals surface area (Å²) in [4.78, 5) is 10.3. The molecule has 1 fully saturated rings. The van der Waals surface area contributed by atoms with Crippen molar-refractivity contribution >= 4 is 0 Å². The number of hydrogen-bond acceptors (Lipinski definition) is 4. The van der Waals surface area contributed by atoms with Gasteiger partial charge in [0, 0.05) is 51.7 Å². The minimum absolute atomic E-state index is 0.297. The van der Waals surface area contributed by atoms with E-state index >= 15 is 0 Å². The molecule has 0 unspecified atom stereocenters. The summed E-state index contributed by atoms with van der Waals surface area (Å²) in [7, 11) is 1.74. The van der Waals surface area contributed by atoms with Crippen LogP contribution in [0.5, 0.6) is 0 Å². The highest BCUT2D eigenvalue weighted by Crippen LogP contribution is 2.12. The van der Waals surface area contributed by atoms with E-state index in [2.05, 4.69) is 21.8 Å². The highest BCUT2D eigenvalue weighted by Gasteiger charge is 2.20. The first-order chi connectivity index (χ1) is 9.81. The van der Waals surface area contributed by atoms with E-state index in [4.69, 9.17) is 9.47 Å². The van der Waals surface area contributed by atoms with Crippen molar-refractivity contribution in [3.05, 3.63) is 17.7 Å². The summed E-state index contributed by atoms with van der Waals surface area (Å²) in [5, 5.41) is 0. The molecule has 1 N–H and O–H groups in total. The molecule has 0 aromatic carbocycles. The first kappa shape index (κ1) is 15.5. The van der Waals surface area contributed by atoms with Crippen LogP contribution in [0, 0.1) is 0 Å². The van der Waals surface area contributed by atoms with Gasteiger partial charge in [0.25, 0.3) is 0 Å². The van der Waals surface area contributed by atoms with E-state index in [-0.39, 0.29) is 0 Å². The number of H-pyrrole nitrogens is 1. The summed E-state index contributed by atoms with van der Waals surface area (Å²) < 4.78 is 10.9. The summed E-state index contributed by atoms with van der Waals surface area (Å²) in [5.41, 5.74) is 1.21. The second-order valence-electron chi connectivity index (χ2n) is 5.47. The van der Waals surface area contributed by atoms with Gasteiger partial charge in [-0.25, -0.2) is 4.98 Å². The van der Waals surface area contributed by atoms with Gasteiger partial charge in [-0.2, -0.15) is 0 Å². The number of hydrogen-bond donors (Lipinski definition) is 1. The fourth-order valence-corrected chi connectivity index (χ4v) is 2.55. The zero-order valence-electron chi connectivity index (χ0n) is 12.7. The van der Waals surface area contributed by atoms with Crippen molar-refractivity contribution in [3.8, 4) is 0 Å². The van der Waals surface area contributed by atoms with Crippen LogP contribution >= 0.6 is 0 Å². The van der Waals surface area contributed by atoms with Gasteiger partial charge in [0.1, 0.15) is 5.82 Å². The molecular formula is C15H27N3O2.